The molecule has 1 heterocycles. The lowest BCUT2D eigenvalue weighted by Crippen LogP contribution is -2.15. The number of thioether (sulfide) groups is 1. The fourth-order valence-corrected chi connectivity index (χ4v) is 2.38. The van der Waals surface area contributed by atoms with Gasteiger partial charge in [-0.15, -0.1) is 0 Å². The molecule has 0 amide bonds. The van der Waals surface area contributed by atoms with Crippen LogP contribution in [0.3, 0.4) is 0 Å². The standard InChI is InChI=1S/C13H15NO2S/c1-10(4-7-17-9-14)11-2-3-12-13(8-11)16-6-5-15-12/h2-3,8,10H,4-7H2,1H3. The summed E-state index contributed by atoms with van der Waals surface area (Å²) < 4.78 is 11.0. The molecule has 0 saturated carbocycles. The van der Waals surface area contributed by atoms with E-state index in [1.54, 1.807) is 0 Å². The van der Waals surface area contributed by atoms with Crippen molar-refractivity contribution < 1.29 is 9.47 Å². The van der Waals surface area contributed by atoms with Gasteiger partial charge in [0.2, 0.25) is 0 Å². The van der Waals surface area contributed by atoms with Crippen LogP contribution in [-0.4, -0.2) is 19.0 Å². The van der Waals surface area contributed by atoms with Crippen LogP contribution in [-0.2, 0) is 0 Å². The molecular formula is C13H15NO2S. The molecule has 0 saturated heterocycles. The maximum absolute atomic E-state index is 8.48. The number of thiocyanates is 1. The van der Waals surface area contributed by atoms with E-state index >= 15 is 0 Å². The first kappa shape index (κ1) is 12.1. The molecule has 1 atom stereocenters. The second-order valence-electron chi connectivity index (χ2n) is 4.03. The molecule has 0 bridgehead atoms. The molecule has 1 aromatic carbocycles. The van der Waals surface area contributed by atoms with Gasteiger partial charge in [0, 0.05) is 5.75 Å². The Morgan fingerprint density at radius 3 is 2.88 bits per heavy atom. The van der Waals surface area contributed by atoms with Crippen LogP contribution in [0.25, 0.3) is 0 Å². The smallest absolute Gasteiger partial charge is 0.161 e. The summed E-state index contributed by atoms with van der Waals surface area (Å²) in [6.07, 6.45) is 0.998. The van der Waals surface area contributed by atoms with Crippen molar-refractivity contribution in [3.8, 4) is 16.9 Å². The zero-order valence-corrected chi connectivity index (χ0v) is 10.6. The quantitative estimate of drug-likeness (QED) is 0.607. The molecule has 2 rings (SSSR count). The van der Waals surface area contributed by atoms with Gasteiger partial charge in [0.25, 0.3) is 0 Å². The summed E-state index contributed by atoms with van der Waals surface area (Å²) in [6, 6.07) is 6.10. The highest BCUT2D eigenvalue weighted by atomic mass is 32.2. The van der Waals surface area contributed by atoms with Crippen molar-refractivity contribution >= 4 is 11.8 Å². The highest BCUT2D eigenvalue weighted by Crippen LogP contribution is 2.34. The topological polar surface area (TPSA) is 42.2 Å². The van der Waals surface area contributed by atoms with Gasteiger partial charge >= 0.3 is 0 Å². The fraction of sp³-hybridized carbons (Fsp3) is 0.462. The lowest BCUT2D eigenvalue weighted by molar-refractivity contribution is 0.171. The molecule has 4 heteroatoms. The minimum absolute atomic E-state index is 0.437. The Bertz CT molecular complexity index is 428. The van der Waals surface area contributed by atoms with Gasteiger partial charge in [0.05, 0.1) is 0 Å². The molecule has 1 aliphatic heterocycles. The largest absolute Gasteiger partial charge is 0.486 e. The van der Waals surface area contributed by atoms with Gasteiger partial charge in [0.15, 0.2) is 11.5 Å². The van der Waals surface area contributed by atoms with Gasteiger partial charge in [-0.05, 0) is 41.8 Å². The molecule has 1 aromatic rings. The summed E-state index contributed by atoms with van der Waals surface area (Å²) >= 11 is 1.31. The average molecular weight is 249 g/mol. The van der Waals surface area contributed by atoms with E-state index in [-0.39, 0.29) is 0 Å². The van der Waals surface area contributed by atoms with Gasteiger partial charge < -0.3 is 9.47 Å². The molecule has 0 spiro atoms. The summed E-state index contributed by atoms with van der Waals surface area (Å²) in [5.41, 5.74) is 1.24. The van der Waals surface area contributed by atoms with Crippen molar-refractivity contribution in [2.75, 3.05) is 19.0 Å². The van der Waals surface area contributed by atoms with Crippen LogP contribution >= 0.6 is 11.8 Å². The Kier molecular flexibility index (Phi) is 4.16. The van der Waals surface area contributed by atoms with Gasteiger partial charge in [0.1, 0.15) is 18.6 Å². The van der Waals surface area contributed by atoms with E-state index < -0.39 is 0 Å². The second kappa shape index (κ2) is 5.83. The number of hydrogen-bond donors (Lipinski definition) is 0. The van der Waals surface area contributed by atoms with Crippen LogP contribution in [0.1, 0.15) is 24.8 Å². The van der Waals surface area contributed by atoms with Gasteiger partial charge in [-0.3, -0.25) is 0 Å². The summed E-state index contributed by atoms with van der Waals surface area (Å²) in [6.45, 7) is 3.42. The molecule has 0 fully saturated rings. The molecule has 3 nitrogen and oxygen atoms in total. The van der Waals surface area contributed by atoms with Crippen LogP contribution < -0.4 is 9.47 Å². The number of benzene rings is 1. The average Bonchev–Trinajstić information content (AvgIpc) is 2.38. The Hall–Kier alpha value is -1.34. The number of ether oxygens (including phenoxy) is 2. The summed E-state index contributed by atoms with van der Waals surface area (Å²) in [5, 5.41) is 10.6. The van der Waals surface area contributed by atoms with E-state index in [4.69, 9.17) is 14.7 Å². The van der Waals surface area contributed by atoms with Crippen LogP contribution in [0.15, 0.2) is 18.2 Å². The lowest BCUT2D eigenvalue weighted by atomic mass is 9.98. The molecule has 0 N–H and O–H groups in total. The molecule has 0 radical (unpaired) electrons. The molecule has 90 valence electrons. The van der Waals surface area contributed by atoms with E-state index in [2.05, 4.69) is 24.5 Å². The summed E-state index contributed by atoms with van der Waals surface area (Å²) in [7, 11) is 0. The number of nitrogens with zero attached hydrogens (tertiary/aromatic N) is 1. The van der Waals surface area contributed by atoms with Gasteiger partial charge in [-0.25, -0.2) is 0 Å². The summed E-state index contributed by atoms with van der Waals surface area (Å²) in [4.78, 5) is 0. The van der Waals surface area contributed by atoms with Crippen molar-refractivity contribution in [1.82, 2.24) is 0 Å². The number of fused-ring (bicyclic) bond motifs is 1. The third-order valence-corrected chi connectivity index (χ3v) is 3.42. The van der Waals surface area contributed by atoms with Crippen LogP contribution in [0.5, 0.6) is 11.5 Å². The number of hydrogen-bond acceptors (Lipinski definition) is 4. The predicted molar refractivity (Wildman–Crippen MR) is 68.5 cm³/mol. The molecule has 1 unspecified atom stereocenters. The van der Waals surface area contributed by atoms with E-state index in [0.717, 1.165) is 23.7 Å². The molecular weight excluding hydrogens is 234 g/mol. The maximum Gasteiger partial charge on any atom is 0.161 e. The van der Waals surface area contributed by atoms with Gasteiger partial charge in [-0.1, -0.05) is 13.0 Å². The zero-order chi connectivity index (χ0) is 12.1. The number of rotatable bonds is 4. The highest BCUT2D eigenvalue weighted by Gasteiger charge is 2.14. The number of nitriles is 1. The van der Waals surface area contributed by atoms with Crippen LogP contribution in [0.4, 0.5) is 0 Å². The highest BCUT2D eigenvalue weighted by molar-refractivity contribution is 8.03. The first-order valence-electron chi connectivity index (χ1n) is 5.71. The third kappa shape index (κ3) is 3.07. The minimum atomic E-state index is 0.437. The van der Waals surface area contributed by atoms with E-state index in [1.165, 1.54) is 17.3 Å². The fourth-order valence-electron chi connectivity index (χ4n) is 1.81. The predicted octanol–water partition coefficient (Wildman–Crippen LogP) is 3.17. The Balaban J connectivity index is 2.03. The molecule has 17 heavy (non-hydrogen) atoms. The SMILES string of the molecule is CC(CCSC#N)c1ccc2c(c1)OCCO2. The summed E-state index contributed by atoms with van der Waals surface area (Å²) in [5.74, 6) is 2.98. The first-order valence-corrected chi connectivity index (χ1v) is 6.70. The molecule has 1 aliphatic rings. The Morgan fingerprint density at radius 1 is 1.35 bits per heavy atom. The normalized spacial score (nSPS) is 15.1. The monoisotopic (exact) mass is 249 g/mol. The van der Waals surface area contributed by atoms with Crippen molar-refractivity contribution in [2.24, 2.45) is 0 Å². The first-order chi connectivity index (χ1) is 8.31. The van der Waals surface area contributed by atoms with Crippen molar-refractivity contribution in [3.63, 3.8) is 0 Å². The molecule has 0 aromatic heterocycles. The lowest BCUT2D eigenvalue weighted by Gasteiger charge is -2.20. The van der Waals surface area contributed by atoms with Crippen LogP contribution in [0, 0.1) is 10.7 Å². The zero-order valence-electron chi connectivity index (χ0n) is 9.81. The van der Waals surface area contributed by atoms with Crippen molar-refractivity contribution in [2.45, 2.75) is 19.3 Å². The molecule has 0 aliphatic carbocycles. The third-order valence-electron chi connectivity index (χ3n) is 2.85. The Morgan fingerprint density at radius 2 is 2.12 bits per heavy atom. The second-order valence-corrected chi connectivity index (χ2v) is 4.91. The van der Waals surface area contributed by atoms with E-state index in [0.29, 0.717) is 19.1 Å². The van der Waals surface area contributed by atoms with E-state index in [1.807, 2.05) is 6.07 Å². The maximum atomic E-state index is 8.48. The van der Waals surface area contributed by atoms with Crippen molar-refractivity contribution in [1.29, 1.82) is 5.26 Å². The minimum Gasteiger partial charge on any atom is -0.486 e. The van der Waals surface area contributed by atoms with Crippen LogP contribution in [0.2, 0.25) is 0 Å². The Labute approximate surface area is 106 Å². The van der Waals surface area contributed by atoms with Gasteiger partial charge in [-0.2, -0.15) is 5.26 Å². The van der Waals surface area contributed by atoms with E-state index in [9.17, 15) is 0 Å². The van der Waals surface area contributed by atoms with Crippen molar-refractivity contribution in [3.05, 3.63) is 23.8 Å².